The zero-order chi connectivity index (χ0) is 17.6. The van der Waals surface area contributed by atoms with Crippen LogP contribution >= 0.6 is 0 Å². The number of para-hydroxylation sites is 1. The number of aromatic nitrogens is 2. The van der Waals surface area contributed by atoms with Gasteiger partial charge < -0.3 is 14.6 Å². The number of methoxy groups -OCH3 is 1. The SMILES string of the molecule is CC[C@@H]1CN(CCc2nc3ccccc3c(=O)[nH]2)CCN1CCOC. The molecule has 0 spiro atoms. The smallest absolute Gasteiger partial charge is 0.258 e. The van der Waals surface area contributed by atoms with Gasteiger partial charge in [-0.05, 0) is 18.6 Å². The molecule has 1 aliphatic heterocycles. The van der Waals surface area contributed by atoms with E-state index in [1.807, 2.05) is 24.3 Å². The quantitative estimate of drug-likeness (QED) is 0.825. The highest BCUT2D eigenvalue weighted by Crippen LogP contribution is 2.13. The predicted octanol–water partition coefficient (Wildman–Crippen LogP) is 1.51. The summed E-state index contributed by atoms with van der Waals surface area (Å²) in [5.41, 5.74) is 0.730. The van der Waals surface area contributed by atoms with Crippen LogP contribution in [0.15, 0.2) is 29.1 Å². The van der Waals surface area contributed by atoms with Crippen LogP contribution in [0.3, 0.4) is 0 Å². The summed E-state index contributed by atoms with van der Waals surface area (Å²) in [4.78, 5) is 24.7. The van der Waals surface area contributed by atoms with Crippen molar-refractivity contribution in [3.05, 3.63) is 40.4 Å². The zero-order valence-corrected chi connectivity index (χ0v) is 15.2. The lowest BCUT2D eigenvalue weighted by Gasteiger charge is -2.41. The molecule has 0 aliphatic carbocycles. The van der Waals surface area contributed by atoms with Gasteiger partial charge in [0.1, 0.15) is 5.82 Å². The van der Waals surface area contributed by atoms with E-state index in [1.165, 1.54) is 0 Å². The lowest BCUT2D eigenvalue weighted by atomic mass is 10.1. The van der Waals surface area contributed by atoms with E-state index < -0.39 is 0 Å². The summed E-state index contributed by atoms with van der Waals surface area (Å²) >= 11 is 0. The number of benzene rings is 1. The lowest BCUT2D eigenvalue weighted by molar-refractivity contribution is 0.0501. The van der Waals surface area contributed by atoms with E-state index in [9.17, 15) is 4.79 Å². The Hall–Kier alpha value is -1.76. The van der Waals surface area contributed by atoms with Gasteiger partial charge in [0, 0.05) is 52.3 Å². The number of aromatic amines is 1. The molecule has 1 fully saturated rings. The fourth-order valence-corrected chi connectivity index (χ4v) is 3.57. The van der Waals surface area contributed by atoms with Crippen molar-refractivity contribution in [2.75, 3.05) is 46.4 Å². The first kappa shape index (κ1) is 18.0. The molecule has 0 amide bonds. The Balaban J connectivity index is 1.60. The minimum absolute atomic E-state index is 0.0450. The molecule has 1 aromatic heterocycles. The predicted molar refractivity (Wildman–Crippen MR) is 100 cm³/mol. The van der Waals surface area contributed by atoms with Gasteiger partial charge in [0.2, 0.25) is 0 Å². The molecule has 0 bridgehead atoms. The van der Waals surface area contributed by atoms with Gasteiger partial charge in [-0.3, -0.25) is 9.69 Å². The molecule has 0 unspecified atom stereocenters. The number of fused-ring (bicyclic) bond motifs is 1. The van der Waals surface area contributed by atoms with E-state index in [0.717, 1.165) is 63.5 Å². The van der Waals surface area contributed by atoms with Crippen LogP contribution in [0.2, 0.25) is 0 Å². The number of hydrogen-bond donors (Lipinski definition) is 1. The number of piperazine rings is 1. The highest BCUT2D eigenvalue weighted by atomic mass is 16.5. The molecule has 1 N–H and O–H groups in total. The normalized spacial score (nSPS) is 19.5. The molecular weight excluding hydrogens is 316 g/mol. The number of ether oxygens (including phenoxy) is 1. The van der Waals surface area contributed by atoms with E-state index in [4.69, 9.17) is 4.74 Å². The van der Waals surface area contributed by atoms with Crippen LogP contribution in [-0.4, -0.2) is 72.3 Å². The van der Waals surface area contributed by atoms with Gasteiger partial charge in [0.25, 0.3) is 5.56 Å². The summed E-state index contributed by atoms with van der Waals surface area (Å²) in [7, 11) is 1.76. The van der Waals surface area contributed by atoms with Gasteiger partial charge >= 0.3 is 0 Å². The summed E-state index contributed by atoms with van der Waals surface area (Å²) in [5.74, 6) is 0.776. The number of hydrogen-bond acceptors (Lipinski definition) is 5. The Morgan fingerprint density at radius 1 is 1.28 bits per heavy atom. The highest BCUT2D eigenvalue weighted by Gasteiger charge is 2.25. The van der Waals surface area contributed by atoms with E-state index >= 15 is 0 Å². The fourth-order valence-electron chi connectivity index (χ4n) is 3.57. The molecule has 136 valence electrons. The van der Waals surface area contributed by atoms with Crippen LogP contribution in [0.4, 0.5) is 0 Å². The van der Waals surface area contributed by atoms with E-state index in [1.54, 1.807) is 7.11 Å². The third-order valence-electron chi connectivity index (χ3n) is 5.07. The van der Waals surface area contributed by atoms with Gasteiger partial charge in [0.15, 0.2) is 0 Å². The third kappa shape index (κ3) is 4.45. The Kier molecular flexibility index (Phi) is 6.18. The minimum Gasteiger partial charge on any atom is -0.383 e. The molecular formula is C19H28N4O2. The van der Waals surface area contributed by atoms with Crippen LogP contribution in [-0.2, 0) is 11.2 Å². The molecule has 25 heavy (non-hydrogen) atoms. The Bertz CT molecular complexity index is 746. The number of nitrogens with zero attached hydrogens (tertiary/aromatic N) is 3. The van der Waals surface area contributed by atoms with E-state index in [0.29, 0.717) is 11.4 Å². The molecule has 2 aromatic rings. The molecule has 1 saturated heterocycles. The number of rotatable bonds is 7. The van der Waals surface area contributed by atoms with Crippen LogP contribution < -0.4 is 5.56 Å². The zero-order valence-electron chi connectivity index (χ0n) is 15.2. The van der Waals surface area contributed by atoms with Crippen molar-refractivity contribution in [1.82, 2.24) is 19.8 Å². The van der Waals surface area contributed by atoms with Gasteiger partial charge in [-0.25, -0.2) is 4.98 Å². The summed E-state index contributed by atoms with van der Waals surface area (Å²) in [5, 5.41) is 0.657. The first-order valence-corrected chi connectivity index (χ1v) is 9.14. The summed E-state index contributed by atoms with van der Waals surface area (Å²) in [6.45, 7) is 8.16. The molecule has 3 rings (SSSR count). The standard InChI is InChI=1S/C19H28N4O2/c1-3-15-14-22(10-11-23(15)12-13-25-2)9-8-18-20-17-7-5-4-6-16(17)19(24)21-18/h4-7,15H,3,8-14H2,1-2H3,(H,20,21,24)/t15-/m1/s1. The molecule has 0 radical (unpaired) electrons. The summed E-state index contributed by atoms with van der Waals surface area (Å²) < 4.78 is 5.22. The molecule has 6 nitrogen and oxygen atoms in total. The molecule has 1 aromatic carbocycles. The highest BCUT2D eigenvalue weighted by molar-refractivity contribution is 5.77. The first-order chi connectivity index (χ1) is 12.2. The Morgan fingerprint density at radius 2 is 2.12 bits per heavy atom. The first-order valence-electron chi connectivity index (χ1n) is 9.14. The van der Waals surface area contributed by atoms with Crippen LogP contribution in [0.25, 0.3) is 10.9 Å². The second-order valence-corrected chi connectivity index (χ2v) is 6.67. The third-order valence-corrected chi connectivity index (χ3v) is 5.07. The number of nitrogens with one attached hydrogen (secondary N) is 1. The topological polar surface area (TPSA) is 61.5 Å². The van der Waals surface area contributed by atoms with Crippen molar-refractivity contribution in [3.8, 4) is 0 Å². The summed E-state index contributed by atoms with van der Waals surface area (Å²) in [6.07, 6.45) is 1.92. The maximum atomic E-state index is 12.2. The molecule has 2 heterocycles. The van der Waals surface area contributed by atoms with Crippen molar-refractivity contribution in [1.29, 1.82) is 0 Å². The molecule has 1 aliphatic rings. The number of H-pyrrole nitrogens is 1. The molecule has 6 heteroatoms. The maximum absolute atomic E-state index is 12.2. The fraction of sp³-hybridized carbons (Fsp3) is 0.579. The van der Waals surface area contributed by atoms with Crippen molar-refractivity contribution < 1.29 is 4.74 Å². The van der Waals surface area contributed by atoms with E-state index in [-0.39, 0.29) is 5.56 Å². The summed E-state index contributed by atoms with van der Waals surface area (Å²) in [6, 6.07) is 8.08. The molecule has 0 saturated carbocycles. The maximum Gasteiger partial charge on any atom is 0.258 e. The van der Waals surface area contributed by atoms with E-state index in [2.05, 4.69) is 26.7 Å². The second kappa shape index (κ2) is 8.56. The van der Waals surface area contributed by atoms with Crippen LogP contribution in [0.5, 0.6) is 0 Å². The van der Waals surface area contributed by atoms with Crippen LogP contribution in [0.1, 0.15) is 19.2 Å². The van der Waals surface area contributed by atoms with Crippen molar-refractivity contribution in [3.63, 3.8) is 0 Å². The lowest BCUT2D eigenvalue weighted by Crippen LogP contribution is -2.53. The van der Waals surface area contributed by atoms with Crippen molar-refractivity contribution >= 4 is 10.9 Å². The van der Waals surface area contributed by atoms with Crippen molar-refractivity contribution in [2.45, 2.75) is 25.8 Å². The van der Waals surface area contributed by atoms with Gasteiger partial charge in [-0.1, -0.05) is 19.1 Å². The van der Waals surface area contributed by atoms with Crippen LogP contribution in [0, 0.1) is 0 Å². The Labute approximate surface area is 148 Å². The second-order valence-electron chi connectivity index (χ2n) is 6.67. The van der Waals surface area contributed by atoms with Gasteiger partial charge in [0.05, 0.1) is 17.5 Å². The average molecular weight is 344 g/mol. The van der Waals surface area contributed by atoms with Crippen molar-refractivity contribution in [2.24, 2.45) is 0 Å². The minimum atomic E-state index is -0.0450. The largest absolute Gasteiger partial charge is 0.383 e. The van der Waals surface area contributed by atoms with Gasteiger partial charge in [-0.2, -0.15) is 0 Å². The average Bonchev–Trinajstić information content (AvgIpc) is 2.65. The van der Waals surface area contributed by atoms with Gasteiger partial charge in [-0.15, -0.1) is 0 Å². The molecule has 1 atom stereocenters. The Morgan fingerprint density at radius 3 is 2.92 bits per heavy atom. The monoisotopic (exact) mass is 344 g/mol.